The second kappa shape index (κ2) is 4.39. The lowest BCUT2D eigenvalue weighted by Crippen LogP contribution is -2.31. The lowest BCUT2D eigenvalue weighted by Gasteiger charge is -2.01. The molecule has 0 atom stereocenters. The quantitative estimate of drug-likeness (QED) is 0.764. The van der Waals surface area contributed by atoms with Crippen LogP contribution in [0.2, 0.25) is 0 Å². The molecule has 1 aromatic heterocycles. The maximum absolute atomic E-state index is 5.43. The molecular formula is C12H10BN3O. The Morgan fingerprint density at radius 3 is 2.53 bits per heavy atom. The number of hydroxylamine groups is 1. The molecule has 0 amide bonds. The molecule has 0 aliphatic carbocycles. The molecule has 1 N–H and O–H groups in total. The first-order valence-corrected chi connectivity index (χ1v) is 5.38. The van der Waals surface area contributed by atoms with Gasteiger partial charge in [0.05, 0.1) is 0 Å². The van der Waals surface area contributed by atoms with Crippen LogP contribution in [0.25, 0.3) is 0 Å². The fourth-order valence-electron chi connectivity index (χ4n) is 1.69. The van der Waals surface area contributed by atoms with Gasteiger partial charge in [0.25, 0.3) is 0 Å². The molecule has 3 rings (SSSR count). The highest BCUT2D eigenvalue weighted by Gasteiger charge is 2.26. The van der Waals surface area contributed by atoms with Crippen LogP contribution in [0.4, 0.5) is 0 Å². The zero-order chi connectivity index (χ0) is 11.5. The Bertz CT molecular complexity index is 530. The van der Waals surface area contributed by atoms with Crippen molar-refractivity contribution in [2.45, 2.75) is 0 Å². The van der Waals surface area contributed by atoms with Gasteiger partial charge in [0.15, 0.2) is 0 Å². The molecule has 2 heterocycles. The van der Waals surface area contributed by atoms with Crippen LogP contribution in [0.15, 0.2) is 59.8 Å². The molecule has 0 radical (unpaired) electrons. The highest BCUT2D eigenvalue weighted by molar-refractivity contribution is 6.68. The highest BCUT2D eigenvalue weighted by atomic mass is 16.6. The Hall–Kier alpha value is -2.14. The molecule has 0 bridgehead atoms. The van der Waals surface area contributed by atoms with Crippen molar-refractivity contribution in [3.05, 3.63) is 60.4 Å². The van der Waals surface area contributed by atoms with Crippen LogP contribution in [-0.2, 0) is 4.76 Å². The second-order valence-electron chi connectivity index (χ2n) is 3.70. The highest BCUT2D eigenvalue weighted by Crippen LogP contribution is 2.05. The van der Waals surface area contributed by atoms with Gasteiger partial charge in [-0.15, -0.1) is 0 Å². The van der Waals surface area contributed by atoms with Crippen LogP contribution >= 0.6 is 0 Å². The predicted octanol–water partition coefficient (Wildman–Crippen LogP) is 0.758. The van der Waals surface area contributed by atoms with E-state index in [0.29, 0.717) is 0 Å². The van der Waals surface area contributed by atoms with Crippen molar-refractivity contribution >= 4 is 18.3 Å². The summed E-state index contributed by atoms with van der Waals surface area (Å²) in [4.78, 5) is 8.45. The monoisotopic (exact) mass is 223 g/mol. The number of pyridine rings is 1. The fraction of sp³-hybridized carbons (Fsp3) is 0. The molecule has 1 aliphatic rings. The molecule has 0 fully saturated rings. The average Bonchev–Trinajstić information content (AvgIpc) is 2.90. The van der Waals surface area contributed by atoms with Gasteiger partial charge in [-0.2, -0.15) is 0 Å². The van der Waals surface area contributed by atoms with Crippen molar-refractivity contribution in [2.24, 2.45) is 4.90 Å². The topological polar surface area (TPSA) is 46.5 Å². The molecular weight excluding hydrogens is 213 g/mol. The van der Waals surface area contributed by atoms with Gasteiger partial charge in [0, 0.05) is 18.0 Å². The zero-order valence-corrected chi connectivity index (χ0v) is 9.08. The van der Waals surface area contributed by atoms with Crippen molar-refractivity contribution in [2.75, 3.05) is 0 Å². The van der Waals surface area contributed by atoms with E-state index in [9.17, 15) is 0 Å². The number of nitrogens with one attached hydrogen (secondary N) is 1. The summed E-state index contributed by atoms with van der Waals surface area (Å²) in [6, 6.07) is 13.7. The normalized spacial score (nSPS) is 14.4. The van der Waals surface area contributed by atoms with Crippen LogP contribution < -0.4 is 10.9 Å². The maximum Gasteiger partial charge on any atom is 0.496 e. The van der Waals surface area contributed by atoms with Crippen molar-refractivity contribution in [3.8, 4) is 0 Å². The minimum Gasteiger partial charge on any atom is -0.300 e. The lowest BCUT2D eigenvalue weighted by molar-refractivity contribution is 0.284. The third-order valence-electron chi connectivity index (χ3n) is 2.55. The molecule has 0 saturated carbocycles. The largest absolute Gasteiger partial charge is 0.496 e. The smallest absolute Gasteiger partial charge is 0.300 e. The minimum absolute atomic E-state index is 0.278. The molecule has 0 saturated heterocycles. The van der Waals surface area contributed by atoms with Gasteiger partial charge < -0.3 is 0 Å². The number of nitrogens with zero attached hydrogens (tertiary/aromatic N) is 2. The molecule has 0 spiro atoms. The number of hydrogen-bond acceptors (Lipinski definition) is 4. The van der Waals surface area contributed by atoms with E-state index in [1.807, 2.05) is 42.5 Å². The van der Waals surface area contributed by atoms with Gasteiger partial charge in [-0.05, 0) is 17.6 Å². The summed E-state index contributed by atoms with van der Waals surface area (Å²) in [5.41, 5.74) is 4.85. The van der Waals surface area contributed by atoms with Gasteiger partial charge in [0.2, 0.25) is 0 Å². The zero-order valence-electron chi connectivity index (χ0n) is 9.08. The van der Waals surface area contributed by atoms with Crippen molar-refractivity contribution in [1.82, 2.24) is 10.5 Å². The van der Waals surface area contributed by atoms with E-state index in [2.05, 4.69) is 15.4 Å². The summed E-state index contributed by atoms with van der Waals surface area (Å²) in [7, 11) is -0.278. The van der Waals surface area contributed by atoms with E-state index in [4.69, 9.17) is 4.76 Å². The molecule has 17 heavy (non-hydrogen) atoms. The fourth-order valence-corrected chi connectivity index (χ4v) is 1.69. The Balaban J connectivity index is 1.87. The third-order valence-corrected chi connectivity index (χ3v) is 2.55. The van der Waals surface area contributed by atoms with E-state index in [1.54, 1.807) is 12.4 Å². The minimum atomic E-state index is -0.278. The molecule has 5 heteroatoms. The van der Waals surface area contributed by atoms with Crippen molar-refractivity contribution in [1.29, 1.82) is 0 Å². The summed E-state index contributed by atoms with van der Waals surface area (Å²) in [6.07, 6.45) is 3.46. The van der Waals surface area contributed by atoms with E-state index < -0.39 is 0 Å². The van der Waals surface area contributed by atoms with Crippen LogP contribution in [0, 0.1) is 0 Å². The van der Waals surface area contributed by atoms with Crippen LogP contribution in [0.5, 0.6) is 0 Å². The van der Waals surface area contributed by atoms with E-state index in [0.717, 1.165) is 16.9 Å². The number of rotatable bonds is 2. The van der Waals surface area contributed by atoms with E-state index >= 15 is 0 Å². The molecule has 2 aromatic rings. The van der Waals surface area contributed by atoms with Crippen molar-refractivity contribution in [3.63, 3.8) is 0 Å². The lowest BCUT2D eigenvalue weighted by atomic mass is 9.75. The first-order chi connectivity index (χ1) is 8.43. The van der Waals surface area contributed by atoms with E-state index in [-0.39, 0.29) is 7.05 Å². The summed E-state index contributed by atoms with van der Waals surface area (Å²) < 4.78 is 5.43. The number of benzene rings is 1. The van der Waals surface area contributed by atoms with Gasteiger partial charge >= 0.3 is 7.05 Å². The first-order valence-electron chi connectivity index (χ1n) is 5.38. The van der Waals surface area contributed by atoms with Gasteiger partial charge in [-0.1, -0.05) is 30.3 Å². The number of aromatic nitrogens is 1. The average molecular weight is 223 g/mol. The summed E-state index contributed by atoms with van der Waals surface area (Å²) >= 11 is 0. The second-order valence-corrected chi connectivity index (χ2v) is 3.70. The Kier molecular flexibility index (Phi) is 2.59. The van der Waals surface area contributed by atoms with Crippen LogP contribution in [0.3, 0.4) is 0 Å². The van der Waals surface area contributed by atoms with E-state index in [1.165, 1.54) is 0 Å². The van der Waals surface area contributed by atoms with Gasteiger partial charge in [-0.25, -0.2) is 0 Å². The third kappa shape index (κ3) is 2.05. The Labute approximate surface area is 99.5 Å². The molecule has 4 nitrogen and oxygen atoms in total. The standard InChI is InChI=1S/C12H10BN3O/c1-2-4-11(5-3-1)13-15-12(16-17-13)10-6-8-14-9-7-10/h1-9H,(H,15,16). The van der Waals surface area contributed by atoms with Crippen LogP contribution in [-0.4, -0.2) is 17.9 Å². The Morgan fingerprint density at radius 1 is 1.00 bits per heavy atom. The molecule has 0 unspecified atom stereocenters. The summed E-state index contributed by atoms with van der Waals surface area (Å²) in [5, 5.41) is 0. The Morgan fingerprint density at radius 2 is 1.76 bits per heavy atom. The van der Waals surface area contributed by atoms with Gasteiger partial charge in [-0.3, -0.25) is 20.1 Å². The number of hydrogen-bond donors (Lipinski definition) is 1. The summed E-state index contributed by atoms with van der Waals surface area (Å²) in [5.74, 6) is 0.737. The SMILES string of the molecule is c1ccc(B2N=C(c3ccncc3)NO2)cc1. The first kappa shape index (κ1) is 10.0. The molecule has 82 valence electrons. The summed E-state index contributed by atoms with van der Waals surface area (Å²) in [6.45, 7) is 0. The van der Waals surface area contributed by atoms with Crippen LogP contribution in [0.1, 0.15) is 5.56 Å². The van der Waals surface area contributed by atoms with Crippen molar-refractivity contribution < 1.29 is 4.76 Å². The molecule has 1 aromatic carbocycles. The predicted molar refractivity (Wildman–Crippen MR) is 66.8 cm³/mol. The number of amidine groups is 1. The van der Waals surface area contributed by atoms with Gasteiger partial charge in [0.1, 0.15) is 5.84 Å². The molecule has 1 aliphatic heterocycles. The maximum atomic E-state index is 5.43.